The molecule has 1 atom stereocenters. The molecule has 0 bridgehead atoms. The van der Waals surface area contributed by atoms with Crippen LogP contribution in [-0.4, -0.2) is 27.4 Å². The quantitative estimate of drug-likeness (QED) is 0.421. The molecule has 0 aromatic rings. The van der Waals surface area contributed by atoms with E-state index in [4.69, 9.17) is 10.00 Å². The molecule has 15 heavy (non-hydrogen) atoms. The summed E-state index contributed by atoms with van der Waals surface area (Å²) in [6.45, 7) is 10.3. The van der Waals surface area contributed by atoms with Crippen molar-refractivity contribution in [2.24, 2.45) is 0 Å². The first-order chi connectivity index (χ1) is 6.80. The Hall–Kier alpha value is -1.28. The van der Waals surface area contributed by atoms with Crippen LogP contribution in [0.15, 0.2) is 12.2 Å². The Balaban J connectivity index is 4.38. The van der Waals surface area contributed by atoms with Crippen LogP contribution in [0.1, 0.15) is 0 Å². The summed E-state index contributed by atoms with van der Waals surface area (Å²) in [6, 6.07) is 2.64. The lowest BCUT2D eigenvalue weighted by Crippen LogP contribution is -2.26. The predicted molar refractivity (Wildman–Crippen MR) is 60.2 cm³/mol. The van der Waals surface area contributed by atoms with E-state index < -0.39 is 20.3 Å². The van der Waals surface area contributed by atoms with Crippen molar-refractivity contribution >= 4 is 14.2 Å². The molecule has 1 unspecified atom stereocenters. The molecule has 0 aliphatic rings. The van der Waals surface area contributed by atoms with Crippen LogP contribution in [0.2, 0.25) is 25.7 Å². The van der Waals surface area contributed by atoms with Gasteiger partial charge < -0.3 is 9.47 Å². The van der Waals surface area contributed by atoms with E-state index in [9.17, 15) is 4.79 Å². The van der Waals surface area contributed by atoms with Gasteiger partial charge in [0.05, 0.1) is 7.11 Å². The summed E-state index contributed by atoms with van der Waals surface area (Å²) < 4.78 is 9.08. The van der Waals surface area contributed by atoms with E-state index in [1.54, 1.807) is 0 Å². The third-order valence-electron chi connectivity index (χ3n) is 1.63. The second-order valence-corrected chi connectivity index (χ2v) is 9.95. The van der Waals surface area contributed by atoms with E-state index in [0.29, 0.717) is 5.57 Å². The van der Waals surface area contributed by atoms with Gasteiger partial charge >= 0.3 is 6.16 Å². The summed E-state index contributed by atoms with van der Waals surface area (Å²) in [5.41, 5.74) is 0.641. The molecule has 0 N–H and O–H groups in total. The van der Waals surface area contributed by atoms with Crippen molar-refractivity contribution in [1.29, 1.82) is 5.26 Å². The predicted octanol–water partition coefficient (Wildman–Crippen LogP) is 2.56. The van der Waals surface area contributed by atoms with Crippen LogP contribution in [-0.2, 0) is 9.47 Å². The molecule has 0 aliphatic heterocycles. The zero-order valence-corrected chi connectivity index (χ0v) is 10.7. The van der Waals surface area contributed by atoms with Crippen LogP contribution in [0.3, 0.4) is 0 Å². The fourth-order valence-corrected chi connectivity index (χ4v) is 2.67. The Bertz CT molecular complexity index is 288. The van der Waals surface area contributed by atoms with Gasteiger partial charge in [-0.2, -0.15) is 5.26 Å². The molecule has 84 valence electrons. The Labute approximate surface area is 91.5 Å². The van der Waals surface area contributed by atoms with E-state index in [2.05, 4.69) is 31.0 Å². The van der Waals surface area contributed by atoms with Crippen molar-refractivity contribution in [2.75, 3.05) is 7.11 Å². The van der Waals surface area contributed by atoms with Crippen LogP contribution in [0.25, 0.3) is 0 Å². The first-order valence-corrected chi connectivity index (χ1v) is 8.33. The number of hydrogen-bond acceptors (Lipinski definition) is 4. The topological polar surface area (TPSA) is 59.3 Å². The Morgan fingerprint density at radius 3 is 2.40 bits per heavy atom. The fraction of sp³-hybridized carbons (Fsp3) is 0.600. The molecular formula is C10H17NO3Si. The summed E-state index contributed by atoms with van der Waals surface area (Å²) in [6.07, 6.45) is -1.75. The Kier molecular flexibility index (Phi) is 5.09. The Morgan fingerprint density at radius 1 is 1.53 bits per heavy atom. The smallest absolute Gasteiger partial charge is 0.438 e. The molecule has 0 saturated heterocycles. The van der Waals surface area contributed by atoms with Crippen LogP contribution in [0.4, 0.5) is 4.79 Å². The number of nitrogens with zero attached hydrogens (tertiary/aromatic N) is 1. The second-order valence-electron chi connectivity index (χ2n) is 4.48. The van der Waals surface area contributed by atoms with Crippen LogP contribution >= 0.6 is 0 Å². The molecule has 0 fully saturated rings. The zero-order valence-electron chi connectivity index (χ0n) is 9.66. The summed E-state index contributed by atoms with van der Waals surface area (Å²) in [4.78, 5) is 10.8. The minimum Gasteiger partial charge on any atom is -0.438 e. The molecule has 0 heterocycles. The van der Waals surface area contributed by atoms with Crippen LogP contribution < -0.4 is 0 Å². The van der Waals surface area contributed by atoms with Crippen LogP contribution in [0.5, 0.6) is 0 Å². The lowest BCUT2D eigenvalue weighted by atomic mass is 10.2. The van der Waals surface area contributed by atoms with Gasteiger partial charge in [-0.1, -0.05) is 26.2 Å². The fourth-order valence-electron chi connectivity index (χ4n) is 1.12. The number of ether oxygens (including phenoxy) is 2. The van der Waals surface area contributed by atoms with E-state index in [0.717, 1.165) is 6.04 Å². The van der Waals surface area contributed by atoms with Crippen LogP contribution in [0, 0.1) is 11.3 Å². The highest BCUT2D eigenvalue weighted by atomic mass is 28.3. The number of carbonyl (C=O) groups excluding carboxylic acids is 1. The SMILES string of the molecule is C=C(C[Si](C)(C)C)C(C#N)OC(=O)OC. The number of carbonyl (C=O) groups is 1. The average molecular weight is 227 g/mol. The van der Waals surface area contributed by atoms with Crippen molar-refractivity contribution in [2.45, 2.75) is 31.8 Å². The maximum atomic E-state index is 10.8. The molecule has 0 aromatic carbocycles. The molecule has 0 amide bonds. The van der Waals surface area contributed by atoms with Gasteiger partial charge in [0.1, 0.15) is 6.07 Å². The van der Waals surface area contributed by atoms with E-state index in [1.807, 2.05) is 6.07 Å². The standard InChI is InChI=1S/C10H17NO3Si/c1-8(7-15(3,4)5)9(6-11)14-10(12)13-2/h9H,1,7H2,2-5H3. The highest BCUT2D eigenvalue weighted by Crippen LogP contribution is 2.19. The lowest BCUT2D eigenvalue weighted by molar-refractivity contribution is 0.0640. The van der Waals surface area contributed by atoms with Crippen molar-refractivity contribution in [3.05, 3.63) is 12.2 Å². The minimum atomic E-state index is -1.34. The number of methoxy groups -OCH3 is 1. The number of hydrogen-bond donors (Lipinski definition) is 0. The van der Waals surface area contributed by atoms with Gasteiger partial charge in [0.15, 0.2) is 0 Å². The zero-order chi connectivity index (χ0) is 12.1. The molecule has 0 radical (unpaired) electrons. The maximum Gasteiger partial charge on any atom is 0.509 e. The van der Waals surface area contributed by atoms with Gasteiger partial charge in [-0.3, -0.25) is 0 Å². The molecule has 0 aliphatic carbocycles. The molecule has 0 aromatic heterocycles. The second kappa shape index (κ2) is 5.56. The van der Waals surface area contributed by atoms with Crippen molar-refractivity contribution in [3.63, 3.8) is 0 Å². The van der Waals surface area contributed by atoms with E-state index in [-0.39, 0.29) is 0 Å². The molecular weight excluding hydrogens is 210 g/mol. The summed E-state index contributed by atoms with van der Waals surface area (Å²) in [7, 11) is -0.137. The molecule has 5 heteroatoms. The summed E-state index contributed by atoms with van der Waals surface area (Å²) >= 11 is 0. The van der Waals surface area contributed by atoms with E-state index >= 15 is 0 Å². The molecule has 0 spiro atoms. The van der Waals surface area contributed by atoms with Gasteiger partial charge in [-0.25, -0.2) is 4.79 Å². The highest BCUT2D eigenvalue weighted by molar-refractivity contribution is 6.76. The third kappa shape index (κ3) is 5.91. The number of rotatable bonds is 4. The largest absolute Gasteiger partial charge is 0.509 e. The Morgan fingerprint density at radius 2 is 2.07 bits per heavy atom. The third-order valence-corrected chi connectivity index (χ3v) is 3.14. The van der Waals surface area contributed by atoms with Gasteiger partial charge in [0.2, 0.25) is 6.10 Å². The highest BCUT2D eigenvalue weighted by Gasteiger charge is 2.23. The normalized spacial score (nSPS) is 12.5. The van der Waals surface area contributed by atoms with Gasteiger partial charge in [-0.15, -0.1) is 0 Å². The van der Waals surface area contributed by atoms with Crippen molar-refractivity contribution in [1.82, 2.24) is 0 Å². The molecule has 0 saturated carbocycles. The van der Waals surface area contributed by atoms with Gasteiger partial charge in [0.25, 0.3) is 0 Å². The monoisotopic (exact) mass is 227 g/mol. The van der Waals surface area contributed by atoms with Crippen molar-refractivity contribution < 1.29 is 14.3 Å². The summed E-state index contributed by atoms with van der Waals surface area (Å²) in [5, 5.41) is 8.81. The first-order valence-electron chi connectivity index (χ1n) is 4.62. The average Bonchev–Trinajstić information content (AvgIpc) is 2.10. The first kappa shape index (κ1) is 13.7. The maximum absolute atomic E-state index is 10.8. The van der Waals surface area contributed by atoms with E-state index in [1.165, 1.54) is 7.11 Å². The van der Waals surface area contributed by atoms with Gasteiger partial charge in [0, 0.05) is 8.07 Å². The van der Waals surface area contributed by atoms with Crippen molar-refractivity contribution in [3.8, 4) is 6.07 Å². The minimum absolute atomic E-state index is 0.641. The van der Waals surface area contributed by atoms with Gasteiger partial charge in [-0.05, 0) is 11.6 Å². The lowest BCUT2D eigenvalue weighted by Gasteiger charge is -2.20. The summed E-state index contributed by atoms with van der Waals surface area (Å²) in [5.74, 6) is 0. The molecule has 4 nitrogen and oxygen atoms in total. The molecule has 0 rings (SSSR count). The number of nitriles is 1.